The number of carbonyl (C=O) groups excluding carboxylic acids is 1. The van der Waals surface area contributed by atoms with Crippen LogP contribution in [0.5, 0.6) is 0 Å². The maximum Gasteiger partial charge on any atom is 0.349 e. The van der Waals surface area contributed by atoms with E-state index in [0.29, 0.717) is 0 Å². The van der Waals surface area contributed by atoms with Crippen LogP contribution < -0.4 is 0 Å². The molecule has 0 spiro atoms. The van der Waals surface area contributed by atoms with E-state index in [9.17, 15) is 4.79 Å². The van der Waals surface area contributed by atoms with Crippen molar-refractivity contribution in [3.05, 3.63) is 0 Å². The Morgan fingerprint density at radius 2 is 1.82 bits per heavy atom. The molecule has 0 radical (unpaired) electrons. The average Bonchev–Trinajstić information content (AvgIpc) is 1.88. The Hall–Kier alpha value is -0.380. The summed E-state index contributed by atoms with van der Waals surface area (Å²) in [6.07, 6.45) is 3.86. The van der Waals surface area contributed by atoms with Gasteiger partial charge in [0.15, 0.2) is 0 Å². The van der Waals surface area contributed by atoms with E-state index < -0.39 is 0 Å². The van der Waals surface area contributed by atoms with Gasteiger partial charge in [-0.05, 0) is 26.4 Å². The summed E-state index contributed by atoms with van der Waals surface area (Å²) in [5, 5.41) is 0. The first-order chi connectivity index (χ1) is 5.11. The predicted molar refractivity (Wildman–Crippen MR) is 50.0 cm³/mol. The second kappa shape index (κ2) is 5.29. The Balaban J connectivity index is 4.11. The van der Waals surface area contributed by atoms with Gasteiger partial charge in [0.05, 0.1) is 0 Å². The quantitative estimate of drug-likeness (QED) is 0.627. The molecule has 0 bridgehead atoms. The molecule has 0 aromatic heterocycles. The highest BCUT2D eigenvalue weighted by Crippen LogP contribution is 1.93. The number of rotatable bonds is 2. The van der Waals surface area contributed by atoms with Crippen LogP contribution in [0, 0.1) is 0 Å². The van der Waals surface area contributed by atoms with E-state index in [1.165, 1.54) is 0 Å². The lowest BCUT2D eigenvalue weighted by Crippen LogP contribution is -2.27. The fraction of sp³-hybridized carbons (Fsp3) is 0.857. The summed E-state index contributed by atoms with van der Waals surface area (Å²) in [4.78, 5) is 12.9. The van der Waals surface area contributed by atoms with Gasteiger partial charge >= 0.3 is 6.03 Å². The molecule has 0 N–H and O–H groups in total. The minimum absolute atomic E-state index is 0.0802. The van der Waals surface area contributed by atoms with Gasteiger partial charge in [-0.3, -0.25) is 0 Å². The first-order valence-corrected chi connectivity index (χ1v) is 5.70. The first-order valence-electron chi connectivity index (χ1n) is 3.70. The molecule has 0 aliphatic carbocycles. The fourth-order valence-corrected chi connectivity index (χ4v) is 1.14. The monoisotopic (exact) mass is 176 g/mol. The third-order valence-corrected chi connectivity index (χ3v) is 1.82. The minimum Gasteiger partial charge on any atom is -0.323 e. The molecule has 0 saturated heterocycles. The van der Waals surface area contributed by atoms with E-state index in [2.05, 4.69) is 4.36 Å². The summed E-state index contributed by atoms with van der Waals surface area (Å²) in [5.74, 6) is 0. The lowest BCUT2D eigenvalue weighted by Gasteiger charge is -2.14. The van der Waals surface area contributed by atoms with Gasteiger partial charge in [-0.2, -0.15) is 4.36 Å². The third-order valence-electron chi connectivity index (χ3n) is 1.29. The molecule has 0 unspecified atom stereocenters. The number of carbonyl (C=O) groups is 1. The first kappa shape index (κ1) is 10.6. The zero-order valence-electron chi connectivity index (χ0n) is 7.63. The largest absolute Gasteiger partial charge is 0.349 e. The molecule has 3 nitrogen and oxygen atoms in total. The SMILES string of the molecule is CCN(CC)C(=O)N=S(C)C. The van der Waals surface area contributed by atoms with E-state index in [4.69, 9.17) is 0 Å². The van der Waals surface area contributed by atoms with Crippen molar-refractivity contribution in [3.8, 4) is 0 Å². The van der Waals surface area contributed by atoms with Crippen LogP contribution in [-0.4, -0.2) is 36.5 Å². The second-order valence-corrected chi connectivity index (χ2v) is 4.05. The van der Waals surface area contributed by atoms with Crippen molar-refractivity contribution in [3.63, 3.8) is 0 Å². The van der Waals surface area contributed by atoms with Crippen LogP contribution in [0.1, 0.15) is 13.8 Å². The van der Waals surface area contributed by atoms with Crippen molar-refractivity contribution >= 4 is 16.7 Å². The molecular weight excluding hydrogens is 160 g/mol. The fourth-order valence-electron chi connectivity index (χ4n) is 0.708. The van der Waals surface area contributed by atoms with Gasteiger partial charge in [0, 0.05) is 13.1 Å². The van der Waals surface area contributed by atoms with Gasteiger partial charge < -0.3 is 4.90 Å². The molecule has 0 fully saturated rings. The lowest BCUT2D eigenvalue weighted by atomic mass is 10.5. The molecule has 0 saturated carbocycles. The topological polar surface area (TPSA) is 32.7 Å². The Labute approximate surface area is 70.9 Å². The van der Waals surface area contributed by atoms with Crippen molar-refractivity contribution in [2.24, 2.45) is 4.36 Å². The van der Waals surface area contributed by atoms with E-state index in [-0.39, 0.29) is 16.7 Å². The van der Waals surface area contributed by atoms with Crippen molar-refractivity contribution in [2.45, 2.75) is 13.8 Å². The molecule has 0 rings (SSSR count). The maximum absolute atomic E-state index is 11.2. The van der Waals surface area contributed by atoms with Gasteiger partial charge in [-0.25, -0.2) is 4.79 Å². The number of nitrogens with zero attached hydrogens (tertiary/aromatic N) is 2. The van der Waals surface area contributed by atoms with E-state index >= 15 is 0 Å². The highest BCUT2D eigenvalue weighted by molar-refractivity contribution is 7.86. The summed E-state index contributed by atoms with van der Waals surface area (Å²) < 4.78 is 3.93. The zero-order valence-corrected chi connectivity index (χ0v) is 8.44. The molecule has 0 aromatic rings. The van der Waals surface area contributed by atoms with Crippen LogP contribution in [0.4, 0.5) is 4.79 Å². The minimum atomic E-state index is -0.136. The van der Waals surface area contributed by atoms with Gasteiger partial charge in [0.1, 0.15) is 0 Å². The number of hydrogen-bond acceptors (Lipinski definition) is 1. The normalized spacial score (nSPS) is 9.91. The summed E-state index contributed by atoms with van der Waals surface area (Å²) in [5.41, 5.74) is 0. The molecule has 11 heavy (non-hydrogen) atoms. The summed E-state index contributed by atoms with van der Waals surface area (Å²) in [7, 11) is -0.136. The zero-order chi connectivity index (χ0) is 8.85. The van der Waals surface area contributed by atoms with Crippen molar-refractivity contribution in [1.82, 2.24) is 4.90 Å². The van der Waals surface area contributed by atoms with Crippen LogP contribution >= 0.6 is 0 Å². The van der Waals surface area contributed by atoms with E-state index in [0.717, 1.165) is 13.1 Å². The van der Waals surface area contributed by atoms with Crippen LogP contribution in [0.15, 0.2) is 4.36 Å². The highest BCUT2D eigenvalue weighted by atomic mass is 32.2. The van der Waals surface area contributed by atoms with E-state index in [1.54, 1.807) is 4.90 Å². The summed E-state index contributed by atoms with van der Waals surface area (Å²) in [6, 6.07) is -0.0802. The summed E-state index contributed by atoms with van der Waals surface area (Å²) in [6.45, 7) is 5.41. The smallest absolute Gasteiger partial charge is 0.323 e. The van der Waals surface area contributed by atoms with Gasteiger partial charge in [-0.15, -0.1) is 0 Å². The standard InChI is InChI=1S/C7H16N2OS/c1-5-9(6-2)7(10)8-11(3)4/h5-6H2,1-4H3. The van der Waals surface area contributed by atoms with Crippen molar-refractivity contribution in [1.29, 1.82) is 0 Å². The van der Waals surface area contributed by atoms with E-state index in [1.807, 2.05) is 26.4 Å². The lowest BCUT2D eigenvalue weighted by molar-refractivity contribution is 0.214. The number of hydrogen-bond donors (Lipinski definition) is 0. The van der Waals surface area contributed by atoms with Crippen LogP contribution in [-0.2, 0) is 10.7 Å². The maximum atomic E-state index is 11.2. The predicted octanol–water partition coefficient (Wildman–Crippen LogP) is 1.51. The Morgan fingerprint density at radius 1 is 1.36 bits per heavy atom. The molecular formula is C7H16N2OS. The van der Waals surface area contributed by atoms with Crippen LogP contribution in [0.3, 0.4) is 0 Å². The molecule has 66 valence electrons. The molecule has 0 heterocycles. The third kappa shape index (κ3) is 4.14. The Kier molecular flexibility index (Phi) is 5.11. The van der Waals surface area contributed by atoms with Crippen LogP contribution in [0.2, 0.25) is 0 Å². The van der Waals surface area contributed by atoms with Crippen molar-refractivity contribution < 1.29 is 4.79 Å². The van der Waals surface area contributed by atoms with Crippen molar-refractivity contribution in [2.75, 3.05) is 25.6 Å². The average molecular weight is 176 g/mol. The molecule has 0 atom stereocenters. The highest BCUT2D eigenvalue weighted by Gasteiger charge is 2.05. The van der Waals surface area contributed by atoms with Gasteiger partial charge in [-0.1, -0.05) is 10.7 Å². The molecule has 4 heteroatoms. The Morgan fingerprint density at radius 3 is 2.09 bits per heavy atom. The van der Waals surface area contributed by atoms with Gasteiger partial charge in [0.25, 0.3) is 0 Å². The number of amides is 2. The molecule has 0 aliphatic heterocycles. The van der Waals surface area contributed by atoms with Gasteiger partial charge in [0.2, 0.25) is 0 Å². The Bertz CT molecular complexity index is 160. The molecule has 0 aliphatic rings. The molecule has 2 amide bonds. The second-order valence-electron chi connectivity index (χ2n) is 2.32. The molecule has 0 aromatic carbocycles. The summed E-state index contributed by atoms with van der Waals surface area (Å²) >= 11 is 0. The van der Waals surface area contributed by atoms with Crippen LogP contribution in [0.25, 0.3) is 0 Å². The number of urea groups is 1.